The Bertz CT molecular complexity index is 442. The number of hydrogen-bond donors (Lipinski definition) is 0. The van der Waals surface area contributed by atoms with Gasteiger partial charge in [0.25, 0.3) is 0 Å². The van der Waals surface area contributed by atoms with Crippen LogP contribution in [0.15, 0.2) is 24.3 Å². The van der Waals surface area contributed by atoms with Gasteiger partial charge in [-0.3, -0.25) is 0 Å². The van der Waals surface area contributed by atoms with Crippen LogP contribution in [0.25, 0.3) is 0 Å². The van der Waals surface area contributed by atoms with E-state index in [4.69, 9.17) is 11.6 Å². The Balaban J connectivity index is 2.23. The maximum atomic E-state index is 6.44. The van der Waals surface area contributed by atoms with Crippen LogP contribution in [0.4, 0.5) is 0 Å². The van der Waals surface area contributed by atoms with Crippen LogP contribution in [0.2, 0.25) is 0 Å². The van der Waals surface area contributed by atoms with E-state index in [0.717, 1.165) is 6.42 Å². The second kappa shape index (κ2) is 4.69. The first-order chi connectivity index (χ1) is 7.20. The normalized spacial score (nSPS) is 13.0. The lowest BCUT2D eigenvalue weighted by Crippen LogP contribution is -1.84. The van der Waals surface area contributed by atoms with Gasteiger partial charge >= 0.3 is 0 Å². The minimum absolute atomic E-state index is 0.0361. The van der Waals surface area contributed by atoms with Crippen LogP contribution in [0.3, 0.4) is 0 Å². The molecule has 0 spiro atoms. The third kappa shape index (κ3) is 2.44. The van der Waals surface area contributed by atoms with Gasteiger partial charge in [0.2, 0.25) is 0 Å². The van der Waals surface area contributed by atoms with E-state index < -0.39 is 0 Å². The van der Waals surface area contributed by atoms with Crippen molar-refractivity contribution in [1.29, 1.82) is 0 Å². The van der Waals surface area contributed by atoms with E-state index in [1.54, 1.807) is 11.3 Å². The summed E-state index contributed by atoms with van der Waals surface area (Å²) in [6, 6.07) is 8.58. The molecule has 3 heteroatoms. The van der Waals surface area contributed by atoms with E-state index in [-0.39, 0.29) is 5.38 Å². The molecule has 2 heterocycles. The van der Waals surface area contributed by atoms with Crippen molar-refractivity contribution in [2.75, 3.05) is 0 Å². The van der Waals surface area contributed by atoms with Crippen LogP contribution in [0, 0.1) is 6.92 Å². The molecular formula is C12H13ClS2. The minimum atomic E-state index is 0.0361. The molecule has 1 unspecified atom stereocenters. The van der Waals surface area contributed by atoms with Gasteiger partial charge in [-0.1, -0.05) is 6.92 Å². The fourth-order valence-electron chi connectivity index (χ4n) is 1.45. The molecule has 0 fully saturated rings. The van der Waals surface area contributed by atoms with E-state index in [2.05, 4.69) is 38.1 Å². The minimum Gasteiger partial charge on any atom is -0.144 e. The summed E-state index contributed by atoms with van der Waals surface area (Å²) in [6.07, 6.45) is 1.09. The van der Waals surface area contributed by atoms with Gasteiger partial charge in [0, 0.05) is 19.5 Å². The molecule has 0 aliphatic carbocycles. The number of halogens is 1. The Hall–Kier alpha value is -0.310. The molecule has 2 aromatic rings. The van der Waals surface area contributed by atoms with Crippen LogP contribution in [-0.2, 0) is 6.42 Å². The van der Waals surface area contributed by atoms with Gasteiger partial charge in [0.1, 0.15) is 5.38 Å². The lowest BCUT2D eigenvalue weighted by Gasteiger charge is -2.03. The van der Waals surface area contributed by atoms with Crippen molar-refractivity contribution in [3.8, 4) is 0 Å². The molecule has 0 nitrogen and oxygen atoms in total. The van der Waals surface area contributed by atoms with Crippen molar-refractivity contribution in [3.05, 3.63) is 43.8 Å². The third-order valence-corrected chi connectivity index (χ3v) is 5.38. The van der Waals surface area contributed by atoms with Crippen molar-refractivity contribution in [3.63, 3.8) is 0 Å². The van der Waals surface area contributed by atoms with Gasteiger partial charge in [-0.25, -0.2) is 0 Å². The Morgan fingerprint density at radius 3 is 2.33 bits per heavy atom. The lowest BCUT2D eigenvalue weighted by molar-refractivity contribution is 1.19. The highest BCUT2D eigenvalue weighted by atomic mass is 35.5. The number of aryl methyl sites for hydroxylation is 2. The molecule has 0 saturated carbocycles. The molecular weight excluding hydrogens is 244 g/mol. The monoisotopic (exact) mass is 256 g/mol. The second-order valence-corrected chi connectivity index (χ2v) is 6.42. The van der Waals surface area contributed by atoms with Crippen LogP contribution in [0.1, 0.15) is 31.8 Å². The zero-order chi connectivity index (χ0) is 10.8. The fraction of sp³-hybridized carbons (Fsp3) is 0.333. The highest BCUT2D eigenvalue weighted by Gasteiger charge is 2.14. The maximum Gasteiger partial charge on any atom is 0.102 e. The average molecular weight is 257 g/mol. The average Bonchev–Trinajstić information content (AvgIpc) is 2.84. The number of hydrogen-bond acceptors (Lipinski definition) is 2. The predicted octanol–water partition coefficient (Wildman–Crippen LogP) is 5.01. The largest absolute Gasteiger partial charge is 0.144 e. The van der Waals surface area contributed by atoms with Crippen LogP contribution < -0.4 is 0 Å². The smallest absolute Gasteiger partial charge is 0.102 e. The molecule has 0 saturated heterocycles. The van der Waals surface area contributed by atoms with E-state index in [0.29, 0.717) is 0 Å². The molecule has 0 amide bonds. The summed E-state index contributed by atoms with van der Waals surface area (Å²) in [7, 11) is 0. The first-order valence-corrected chi connectivity index (χ1v) is 7.06. The van der Waals surface area contributed by atoms with E-state index in [1.165, 1.54) is 19.5 Å². The van der Waals surface area contributed by atoms with Crippen molar-refractivity contribution in [2.24, 2.45) is 0 Å². The van der Waals surface area contributed by atoms with E-state index >= 15 is 0 Å². The highest BCUT2D eigenvalue weighted by molar-refractivity contribution is 7.14. The lowest BCUT2D eigenvalue weighted by atomic mass is 10.3. The first kappa shape index (κ1) is 11.2. The Kier molecular flexibility index (Phi) is 3.49. The Labute approximate surface area is 104 Å². The number of rotatable bonds is 3. The zero-order valence-electron chi connectivity index (χ0n) is 8.79. The Morgan fingerprint density at radius 1 is 1.13 bits per heavy atom. The van der Waals surface area contributed by atoms with Gasteiger partial charge < -0.3 is 0 Å². The van der Waals surface area contributed by atoms with Crippen molar-refractivity contribution < 1.29 is 0 Å². The topological polar surface area (TPSA) is 0 Å². The van der Waals surface area contributed by atoms with Crippen molar-refractivity contribution in [2.45, 2.75) is 25.6 Å². The molecule has 0 bridgehead atoms. The molecule has 1 atom stereocenters. The number of alkyl halides is 1. The number of thiophene rings is 2. The van der Waals surface area contributed by atoms with Gasteiger partial charge in [-0.15, -0.1) is 34.3 Å². The summed E-state index contributed by atoms with van der Waals surface area (Å²) in [6.45, 7) is 4.29. The Morgan fingerprint density at radius 2 is 1.80 bits per heavy atom. The molecule has 80 valence electrons. The van der Waals surface area contributed by atoms with E-state index in [1.807, 2.05) is 11.3 Å². The van der Waals surface area contributed by atoms with Gasteiger partial charge in [0.05, 0.1) is 0 Å². The van der Waals surface area contributed by atoms with Gasteiger partial charge in [0.15, 0.2) is 0 Å². The maximum absolute atomic E-state index is 6.44. The summed E-state index contributed by atoms with van der Waals surface area (Å²) >= 11 is 10.0. The zero-order valence-corrected chi connectivity index (χ0v) is 11.2. The molecule has 2 rings (SSSR count). The fourth-order valence-corrected chi connectivity index (χ4v) is 3.76. The predicted molar refractivity (Wildman–Crippen MR) is 70.4 cm³/mol. The molecule has 0 N–H and O–H groups in total. The van der Waals surface area contributed by atoms with Crippen LogP contribution >= 0.6 is 34.3 Å². The molecule has 0 radical (unpaired) electrons. The first-order valence-electron chi connectivity index (χ1n) is 4.99. The van der Waals surface area contributed by atoms with Crippen LogP contribution in [-0.4, -0.2) is 0 Å². The van der Waals surface area contributed by atoms with Crippen molar-refractivity contribution >= 4 is 34.3 Å². The summed E-state index contributed by atoms with van der Waals surface area (Å²) in [5.41, 5.74) is 0. The highest BCUT2D eigenvalue weighted by Crippen LogP contribution is 2.37. The quantitative estimate of drug-likeness (QED) is 0.678. The van der Waals surface area contributed by atoms with E-state index in [9.17, 15) is 0 Å². The third-order valence-electron chi connectivity index (χ3n) is 2.29. The summed E-state index contributed by atoms with van der Waals surface area (Å²) in [4.78, 5) is 5.24. The molecule has 0 aliphatic rings. The van der Waals surface area contributed by atoms with Gasteiger partial charge in [-0.2, -0.15) is 0 Å². The summed E-state index contributed by atoms with van der Waals surface area (Å²) in [5.74, 6) is 0. The standard InChI is InChI=1S/C12H13ClS2/c1-3-9-5-7-11(15-9)12(13)10-6-4-8(2)14-10/h4-7,12H,3H2,1-2H3. The SMILES string of the molecule is CCc1ccc(C(Cl)c2ccc(C)s2)s1. The second-order valence-electron chi connectivity index (χ2n) is 3.47. The molecule has 0 aromatic carbocycles. The van der Waals surface area contributed by atoms with Gasteiger partial charge in [-0.05, 0) is 37.6 Å². The molecule has 0 aliphatic heterocycles. The summed E-state index contributed by atoms with van der Waals surface area (Å²) in [5, 5.41) is 0.0361. The summed E-state index contributed by atoms with van der Waals surface area (Å²) < 4.78 is 0. The molecule has 2 aromatic heterocycles. The molecule has 15 heavy (non-hydrogen) atoms. The van der Waals surface area contributed by atoms with Crippen LogP contribution in [0.5, 0.6) is 0 Å². The van der Waals surface area contributed by atoms with Crippen molar-refractivity contribution in [1.82, 2.24) is 0 Å².